The SMILES string of the molecule is COC(=O)[C@]1(CC(=O)c2cccc([N+](=O)[O-])c2)NC(=S)NC(=O)[C@@H]1C#N. The fourth-order valence-electron chi connectivity index (χ4n) is 2.60. The fraction of sp³-hybridized carbons (Fsp3) is 0.267. The molecular weight excluding hydrogens is 364 g/mol. The first-order chi connectivity index (χ1) is 12.2. The average Bonchev–Trinajstić information content (AvgIpc) is 2.60. The molecule has 1 aromatic carbocycles. The maximum absolute atomic E-state index is 12.6. The third-order valence-corrected chi connectivity index (χ3v) is 4.03. The molecule has 26 heavy (non-hydrogen) atoms. The van der Waals surface area contributed by atoms with Crippen molar-refractivity contribution in [3.63, 3.8) is 0 Å². The predicted octanol–water partition coefficient (Wildman–Crippen LogP) is 0.223. The Morgan fingerprint density at radius 2 is 2.19 bits per heavy atom. The summed E-state index contributed by atoms with van der Waals surface area (Å²) in [5.41, 5.74) is -2.41. The molecule has 1 heterocycles. The van der Waals surface area contributed by atoms with Gasteiger partial charge in [-0.25, -0.2) is 4.79 Å². The summed E-state index contributed by atoms with van der Waals surface area (Å²) in [5, 5.41) is 24.7. The van der Waals surface area contributed by atoms with Crippen molar-refractivity contribution in [2.45, 2.75) is 12.0 Å². The molecule has 2 rings (SSSR count). The number of non-ortho nitro benzene ring substituents is 1. The van der Waals surface area contributed by atoms with Crippen LogP contribution in [0.25, 0.3) is 0 Å². The molecular formula is C15H12N4O6S. The van der Waals surface area contributed by atoms with Gasteiger partial charge in [0, 0.05) is 24.1 Å². The van der Waals surface area contributed by atoms with E-state index >= 15 is 0 Å². The fourth-order valence-corrected chi connectivity index (χ4v) is 2.88. The van der Waals surface area contributed by atoms with Crippen LogP contribution in [0.1, 0.15) is 16.8 Å². The van der Waals surface area contributed by atoms with Crippen molar-refractivity contribution in [3.05, 3.63) is 39.9 Å². The Labute approximate surface area is 152 Å². The minimum atomic E-state index is -2.04. The van der Waals surface area contributed by atoms with E-state index in [1.54, 1.807) is 6.07 Å². The summed E-state index contributed by atoms with van der Waals surface area (Å²) < 4.78 is 4.67. The van der Waals surface area contributed by atoms with Crippen molar-refractivity contribution in [2.24, 2.45) is 5.92 Å². The first kappa shape index (κ1) is 18.9. The molecule has 0 unspecified atom stereocenters. The largest absolute Gasteiger partial charge is 0.467 e. The van der Waals surface area contributed by atoms with Crippen LogP contribution in [0.3, 0.4) is 0 Å². The Morgan fingerprint density at radius 3 is 2.77 bits per heavy atom. The molecule has 1 aliphatic rings. The number of methoxy groups -OCH3 is 1. The van der Waals surface area contributed by atoms with Crippen LogP contribution >= 0.6 is 12.2 Å². The van der Waals surface area contributed by atoms with Gasteiger partial charge in [-0.2, -0.15) is 5.26 Å². The summed E-state index contributed by atoms with van der Waals surface area (Å²) in [5.74, 6) is -4.18. The number of nitrogens with one attached hydrogen (secondary N) is 2. The third kappa shape index (κ3) is 3.35. The van der Waals surface area contributed by atoms with Gasteiger partial charge in [-0.3, -0.25) is 19.7 Å². The lowest BCUT2D eigenvalue weighted by Crippen LogP contribution is -2.70. The van der Waals surface area contributed by atoms with Gasteiger partial charge in [0.15, 0.2) is 22.4 Å². The van der Waals surface area contributed by atoms with Crippen LogP contribution in [0.2, 0.25) is 0 Å². The van der Waals surface area contributed by atoms with Crippen LogP contribution in [-0.2, 0) is 14.3 Å². The van der Waals surface area contributed by atoms with Gasteiger partial charge in [-0.15, -0.1) is 0 Å². The smallest absolute Gasteiger partial charge is 0.334 e. The minimum absolute atomic E-state index is 0.0575. The predicted molar refractivity (Wildman–Crippen MR) is 89.8 cm³/mol. The number of ketones is 1. The van der Waals surface area contributed by atoms with E-state index in [1.165, 1.54) is 18.2 Å². The summed E-state index contributed by atoms with van der Waals surface area (Å²) in [7, 11) is 1.04. The lowest BCUT2D eigenvalue weighted by atomic mass is 9.77. The van der Waals surface area contributed by atoms with Gasteiger partial charge >= 0.3 is 5.97 Å². The van der Waals surface area contributed by atoms with E-state index in [2.05, 4.69) is 15.4 Å². The van der Waals surface area contributed by atoms with E-state index < -0.39 is 40.5 Å². The zero-order valence-corrected chi connectivity index (χ0v) is 14.2. The molecule has 1 aliphatic heterocycles. The molecule has 0 saturated carbocycles. The van der Waals surface area contributed by atoms with Gasteiger partial charge in [0.25, 0.3) is 5.69 Å². The number of thiocarbonyl (C=S) groups is 1. The highest BCUT2D eigenvalue weighted by molar-refractivity contribution is 7.80. The quantitative estimate of drug-likeness (QED) is 0.242. The minimum Gasteiger partial charge on any atom is -0.467 e. The number of hydrogen-bond donors (Lipinski definition) is 2. The Hall–Kier alpha value is -3.39. The number of Topliss-reactive ketones (excluding diaryl/α,β-unsaturated/α-hetero) is 1. The first-order valence-corrected chi connectivity index (χ1v) is 7.54. The molecule has 0 radical (unpaired) electrons. The van der Waals surface area contributed by atoms with Crippen molar-refractivity contribution < 1.29 is 24.0 Å². The lowest BCUT2D eigenvalue weighted by molar-refractivity contribution is -0.384. The van der Waals surface area contributed by atoms with E-state index in [9.17, 15) is 29.8 Å². The molecule has 0 aromatic heterocycles. The van der Waals surface area contributed by atoms with Gasteiger partial charge in [-0.1, -0.05) is 12.1 Å². The monoisotopic (exact) mass is 376 g/mol. The normalized spacial score (nSPS) is 21.8. The highest BCUT2D eigenvalue weighted by Gasteiger charge is 2.55. The molecule has 2 atom stereocenters. The second kappa shape index (κ2) is 7.24. The second-order valence-corrected chi connectivity index (χ2v) is 5.78. The summed E-state index contributed by atoms with van der Waals surface area (Å²) in [6, 6.07) is 6.54. The average molecular weight is 376 g/mol. The molecule has 0 bridgehead atoms. The van der Waals surface area contributed by atoms with E-state index in [0.717, 1.165) is 13.2 Å². The van der Waals surface area contributed by atoms with Crippen molar-refractivity contribution in [1.82, 2.24) is 10.6 Å². The van der Waals surface area contributed by atoms with Gasteiger partial charge in [0.1, 0.15) is 0 Å². The van der Waals surface area contributed by atoms with Crippen molar-refractivity contribution in [2.75, 3.05) is 7.11 Å². The first-order valence-electron chi connectivity index (χ1n) is 7.14. The molecule has 134 valence electrons. The van der Waals surface area contributed by atoms with Crippen LogP contribution in [0.15, 0.2) is 24.3 Å². The Kier molecular flexibility index (Phi) is 5.27. The van der Waals surface area contributed by atoms with E-state index in [1.807, 2.05) is 0 Å². The topological polar surface area (TPSA) is 151 Å². The molecule has 11 heteroatoms. The van der Waals surface area contributed by atoms with Crippen LogP contribution in [0.5, 0.6) is 0 Å². The standard InChI is InChI=1S/C15H12N4O6S/c1-25-13(22)15(10(7-16)12(21)17-14(26)18-15)6-11(20)8-3-2-4-9(5-8)19(23)24/h2-5,10H,6H2,1H3,(H2,17,18,21,26)/t10-,15+/m0/s1. The Balaban J connectivity index is 2.47. The van der Waals surface area contributed by atoms with Crippen molar-refractivity contribution >= 4 is 40.7 Å². The maximum atomic E-state index is 12.6. The van der Waals surface area contributed by atoms with Gasteiger partial charge in [0.05, 0.1) is 18.1 Å². The molecule has 10 nitrogen and oxygen atoms in total. The molecule has 0 aliphatic carbocycles. The van der Waals surface area contributed by atoms with Crippen LogP contribution in [0, 0.1) is 27.4 Å². The second-order valence-electron chi connectivity index (χ2n) is 5.38. The van der Waals surface area contributed by atoms with Crippen LogP contribution in [-0.4, -0.2) is 40.3 Å². The summed E-state index contributed by atoms with van der Waals surface area (Å²) in [4.78, 5) is 47.2. The lowest BCUT2D eigenvalue weighted by Gasteiger charge is -2.38. The number of esters is 1. The number of amides is 1. The number of rotatable bonds is 5. The molecule has 2 N–H and O–H groups in total. The van der Waals surface area contributed by atoms with Crippen LogP contribution < -0.4 is 10.6 Å². The Bertz CT molecular complexity index is 864. The van der Waals surface area contributed by atoms with Crippen LogP contribution in [0.4, 0.5) is 5.69 Å². The highest BCUT2D eigenvalue weighted by atomic mass is 32.1. The number of nitro groups is 1. The number of benzene rings is 1. The summed E-state index contributed by atoms with van der Waals surface area (Å²) in [6.07, 6.45) is -0.660. The van der Waals surface area contributed by atoms with Gasteiger partial charge in [-0.05, 0) is 12.2 Å². The van der Waals surface area contributed by atoms with Crippen molar-refractivity contribution in [1.29, 1.82) is 5.26 Å². The molecule has 0 spiro atoms. The van der Waals surface area contributed by atoms with Crippen molar-refractivity contribution in [3.8, 4) is 6.07 Å². The molecule has 1 amide bonds. The number of carbonyl (C=O) groups excluding carboxylic acids is 3. The van der Waals surface area contributed by atoms with E-state index in [4.69, 9.17) is 12.2 Å². The number of nitriles is 1. The number of nitro benzene ring substituents is 1. The summed E-state index contributed by atoms with van der Waals surface area (Å²) in [6.45, 7) is 0. The Morgan fingerprint density at radius 1 is 1.50 bits per heavy atom. The molecule has 1 fully saturated rings. The number of hydrogen-bond acceptors (Lipinski definition) is 8. The van der Waals surface area contributed by atoms with Gasteiger partial charge in [0.2, 0.25) is 5.91 Å². The molecule has 1 saturated heterocycles. The van der Waals surface area contributed by atoms with E-state index in [0.29, 0.717) is 0 Å². The number of ether oxygens (including phenoxy) is 1. The van der Waals surface area contributed by atoms with E-state index in [-0.39, 0.29) is 16.4 Å². The number of nitrogens with zero attached hydrogens (tertiary/aromatic N) is 2. The summed E-state index contributed by atoms with van der Waals surface area (Å²) >= 11 is 4.86. The zero-order chi connectivity index (χ0) is 19.5. The number of carbonyl (C=O) groups is 3. The zero-order valence-electron chi connectivity index (χ0n) is 13.3. The molecule has 1 aromatic rings. The highest BCUT2D eigenvalue weighted by Crippen LogP contribution is 2.29. The maximum Gasteiger partial charge on any atom is 0.334 e. The van der Waals surface area contributed by atoms with Gasteiger partial charge < -0.3 is 15.4 Å². The third-order valence-electron chi connectivity index (χ3n) is 3.83.